The minimum absolute atomic E-state index is 0.123. The van der Waals surface area contributed by atoms with Crippen LogP contribution in [0.4, 0.5) is 17.1 Å². The molecule has 10 aromatic rings. The smallest absolute Gasteiger partial charge is 0.0543 e. The molecule has 0 radical (unpaired) electrons. The summed E-state index contributed by atoms with van der Waals surface area (Å²) in [6, 6.07) is 73.4. The highest BCUT2D eigenvalue weighted by Crippen LogP contribution is 2.56. The van der Waals surface area contributed by atoms with Crippen LogP contribution in [0.25, 0.3) is 75.8 Å². The number of nitrogens with zero attached hydrogens (tertiary/aromatic N) is 1. The van der Waals surface area contributed by atoms with Crippen molar-refractivity contribution in [3.05, 3.63) is 222 Å². The first-order valence-electron chi connectivity index (χ1n) is 23.4. The van der Waals surface area contributed by atoms with Gasteiger partial charge in [0.25, 0.3) is 0 Å². The van der Waals surface area contributed by atoms with Gasteiger partial charge in [0.15, 0.2) is 0 Å². The molecule has 12 rings (SSSR count). The third-order valence-corrected chi connectivity index (χ3v) is 16.0. The molecule has 66 heavy (non-hydrogen) atoms. The molecule has 2 heteroatoms. The van der Waals surface area contributed by atoms with Gasteiger partial charge >= 0.3 is 0 Å². The van der Waals surface area contributed by atoms with Crippen molar-refractivity contribution < 1.29 is 0 Å². The fraction of sp³-hybridized carbons (Fsp3) is 0.156. The number of hydrogen-bond acceptors (Lipinski definition) is 2. The van der Waals surface area contributed by atoms with Crippen molar-refractivity contribution >= 4 is 48.6 Å². The van der Waals surface area contributed by atoms with E-state index in [2.05, 4.69) is 247 Å². The van der Waals surface area contributed by atoms with Gasteiger partial charge in [0.2, 0.25) is 0 Å². The first-order valence-corrected chi connectivity index (χ1v) is 24.2. The number of rotatable bonds is 6. The Kier molecular flexibility index (Phi) is 9.06. The summed E-state index contributed by atoms with van der Waals surface area (Å²) in [5.41, 5.74) is 22.8. The Morgan fingerprint density at radius 2 is 0.955 bits per heavy atom. The van der Waals surface area contributed by atoms with Crippen LogP contribution in [0.1, 0.15) is 76.3 Å². The van der Waals surface area contributed by atoms with Crippen LogP contribution in [0.15, 0.2) is 194 Å². The average Bonchev–Trinajstić information content (AvgIpc) is 3.91. The molecule has 0 unspecified atom stereocenters. The third-order valence-electron chi connectivity index (χ3n) is 14.9. The Labute approximate surface area is 393 Å². The molecule has 0 amide bonds. The monoisotopic (exact) mass is 867 g/mol. The van der Waals surface area contributed by atoms with Crippen molar-refractivity contribution in [2.24, 2.45) is 0 Å². The molecule has 0 bridgehead atoms. The summed E-state index contributed by atoms with van der Waals surface area (Å²) >= 11 is 1.87. The fourth-order valence-corrected chi connectivity index (χ4v) is 12.4. The maximum atomic E-state index is 2.52. The molecule has 1 aromatic heterocycles. The minimum Gasteiger partial charge on any atom is -0.309 e. The third kappa shape index (κ3) is 6.26. The molecule has 2 aliphatic rings. The molecular weight excluding hydrogens is 815 g/mol. The molecule has 1 heterocycles. The zero-order valence-corrected chi connectivity index (χ0v) is 39.6. The van der Waals surface area contributed by atoms with Gasteiger partial charge < -0.3 is 4.90 Å². The second-order valence-corrected chi connectivity index (χ2v) is 21.6. The quantitative estimate of drug-likeness (QED) is 0.161. The van der Waals surface area contributed by atoms with E-state index in [0.717, 1.165) is 11.4 Å². The molecule has 0 saturated carbocycles. The molecule has 2 aliphatic carbocycles. The van der Waals surface area contributed by atoms with Gasteiger partial charge in [0.1, 0.15) is 0 Å². The lowest BCUT2D eigenvalue weighted by atomic mass is 9.81. The van der Waals surface area contributed by atoms with Crippen LogP contribution in [-0.4, -0.2) is 0 Å². The lowest BCUT2D eigenvalue weighted by Crippen LogP contribution is -2.16. The second kappa shape index (κ2) is 14.8. The highest BCUT2D eigenvalue weighted by molar-refractivity contribution is 7.25. The number of para-hydroxylation sites is 1. The highest BCUT2D eigenvalue weighted by Gasteiger charge is 2.39. The Morgan fingerprint density at radius 3 is 1.74 bits per heavy atom. The SMILES string of the molecule is CC(C)(C)c1ccc(-c2ccc3c(c2)C(C)(C)c2ccc(-c4ccccc4N(c4ccc(-c5ccc6c(c5)sc5ccccc56)cc4)c4cccc5c4-c4ccccc4C5(C)C)cc2-3)cc1. The molecule has 320 valence electrons. The number of anilines is 3. The molecule has 0 N–H and O–H groups in total. The van der Waals surface area contributed by atoms with Crippen molar-refractivity contribution in [3.8, 4) is 55.6 Å². The van der Waals surface area contributed by atoms with Crippen molar-refractivity contribution in [1.82, 2.24) is 0 Å². The summed E-state index contributed by atoms with van der Waals surface area (Å²) in [6.45, 7) is 16.4. The van der Waals surface area contributed by atoms with Gasteiger partial charge in [-0.1, -0.05) is 194 Å². The van der Waals surface area contributed by atoms with Crippen LogP contribution >= 0.6 is 11.3 Å². The molecule has 0 saturated heterocycles. The molecule has 0 spiro atoms. The summed E-state index contributed by atoms with van der Waals surface area (Å²) in [4.78, 5) is 2.52. The van der Waals surface area contributed by atoms with E-state index < -0.39 is 0 Å². The standard InChI is InChI=1S/C64H53NS/c1-62(2,3)45-30-23-40(24-31-45)42-27-34-48-52-37-44(29-36-54(52)64(6,7)56(48)38-42)47-15-9-12-20-57(47)65(58-21-14-19-55-61(58)51-17-8-11-18-53(51)63(55,4)5)46-32-25-41(26-33-46)43-28-35-50-49-16-10-13-22-59(49)66-60(50)39-43/h8-39H,1-7H3. The summed E-state index contributed by atoms with van der Waals surface area (Å²) in [6.07, 6.45) is 0. The predicted octanol–water partition coefficient (Wildman–Crippen LogP) is 18.4. The van der Waals surface area contributed by atoms with Crippen molar-refractivity contribution in [1.29, 1.82) is 0 Å². The second-order valence-electron chi connectivity index (χ2n) is 20.6. The van der Waals surface area contributed by atoms with E-state index in [-0.39, 0.29) is 16.2 Å². The lowest BCUT2D eigenvalue weighted by molar-refractivity contribution is 0.590. The Bertz CT molecular complexity index is 3560. The number of fused-ring (bicyclic) bond motifs is 9. The van der Waals surface area contributed by atoms with E-state index in [1.165, 1.54) is 109 Å². The van der Waals surface area contributed by atoms with Crippen molar-refractivity contribution in [2.75, 3.05) is 4.90 Å². The van der Waals surface area contributed by atoms with Crippen LogP contribution in [0.2, 0.25) is 0 Å². The van der Waals surface area contributed by atoms with E-state index in [1.54, 1.807) is 0 Å². The Balaban J connectivity index is 0.990. The van der Waals surface area contributed by atoms with Gasteiger partial charge in [-0.2, -0.15) is 0 Å². The number of thiophene rings is 1. The lowest BCUT2D eigenvalue weighted by Gasteiger charge is -2.31. The van der Waals surface area contributed by atoms with Crippen LogP contribution < -0.4 is 4.90 Å². The molecule has 9 aromatic carbocycles. The Morgan fingerprint density at radius 1 is 0.379 bits per heavy atom. The summed E-state index contributed by atoms with van der Waals surface area (Å²) in [5, 5.41) is 2.65. The Hall–Kier alpha value is -7.00. The molecule has 1 nitrogen and oxygen atoms in total. The number of benzene rings is 9. The first kappa shape index (κ1) is 40.5. The predicted molar refractivity (Wildman–Crippen MR) is 284 cm³/mol. The van der Waals surface area contributed by atoms with Crippen LogP contribution in [0.3, 0.4) is 0 Å². The number of hydrogen-bond donors (Lipinski definition) is 0. The maximum absolute atomic E-state index is 2.52. The highest BCUT2D eigenvalue weighted by atomic mass is 32.1. The van der Waals surface area contributed by atoms with Gasteiger partial charge in [-0.25, -0.2) is 0 Å². The van der Waals surface area contributed by atoms with Crippen molar-refractivity contribution in [3.63, 3.8) is 0 Å². The minimum atomic E-state index is -0.135. The van der Waals surface area contributed by atoms with E-state index >= 15 is 0 Å². The molecular formula is C64H53NS. The fourth-order valence-electron chi connectivity index (χ4n) is 11.2. The van der Waals surface area contributed by atoms with Gasteiger partial charge in [-0.05, 0) is 126 Å². The van der Waals surface area contributed by atoms with Crippen molar-refractivity contribution in [2.45, 2.75) is 64.7 Å². The zero-order chi connectivity index (χ0) is 45.1. The summed E-state index contributed by atoms with van der Waals surface area (Å²) in [5.74, 6) is 0. The maximum Gasteiger partial charge on any atom is 0.0543 e. The van der Waals surface area contributed by atoms with Crippen LogP contribution in [-0.2, 0) is 16.2 Å². The van der Waals surface area contributed by atoms with Crippen LogP contribution in [0.5, 0.6) is 0 Å². The van der Waals surface area contributed by atoms with Gasteiger partial charge in [0.05, 0.1) is 11.4 Å². The van der Waals surface area contributed by atoms with Gasteiger partial charge in [0, 0.05) is 47.8 Å². The molecule has 0 aliphatic heterocycles. The normalized spacial score (nSPS) is 14.2. The first-order chi connectivity index (χ1) is 31.9. The van der Waals surface area contributed by atoms with E-state index in [9.17, 15) is 0 Å². The van der Waals surface area contributed by atoms with E-state index in [0.29, 0.717) is 0 Å². The summed E-state index contributed by atoms with van der Waals surface area (Å²) < 4.78 is 2.65. The van der Waals surface area contributed by atoms with Gasteiger partial charge in [-0.15, -0.1) is 11.3 Å². The molecule has 0 fully saturated rings. The van der Waals surface area contributed by atoms with E-state index in [1.807, 2.05) is 11.3 Å². The van der Waals surface area contributed by atoms with Gasteiger partial charge in [-0.3, -0.25) is 0 Å². The summed E-state index contributed by atoms with van der Waals surface area (Å²) in [7, 11) is 0. The largest absolute Gasteiger partial charge is 0.309 e. The molecule has 0 atom stereocenters. The van der Waals surface area contributed by atoms with Crippen LogP contribution in [0, 0.1) is 0 Å². The zero-order valence-electron chi connectivity index (χ0n) is 38.8. The average molecular weight is 868 g/mol. The topological polar surface area (TPSA) is 3.24 Å². The van der Waals surface area contributed by atoms with E-state index in [4.69, 9.17) is 0 Å².